The Morgan fingerprint density at radius 3 is 2.93 bits per heavy atom. The first-order valence-electron chi connectivity index (χ1n) is 4.65. The summed E-state index contributed by atoms with van der Waals surface area (Å²) >= 11 is 0. The standard InChI is InChI=1S/C9H16N4O/c1-7(2)14-9-5-8(11-4-3-10)12-6-13-9/h5-7H,3-4,10H2,1-2H3,(H,11,12,13). The Hall–Kier alpha value is -1.36. The van der Waals surface area contributed by atoms with Gasteiger partial charge in [0.25, 0.3) is 0 Å². The topological polar surface area (TPSA) is 73.1 Å². The molecule has 0 radical (unpaired) electrons. The molecule has 0 aliphatic rings. The number of hydrogen-bond acceptors (Lipinski definition) is 5. The molecule has 0 aliphatic carbocycles. The van der Waals surface area contributed by atoms with Crippen molar-refractivity contribution in [2.24, 2.45) is 5.73 Å². The quantitative estimate of drug-likeness (QED) is 0.722. The molecule has 0 spiro atoms. The first-order chi connectivity index (χ1) is 6.72. The highest BCUT2D eigenvalue weighted by Gasteiger charge is 2.00. The Morgan fingerprint density at radius 2 is 2.29 bits per heavy atom. The molecule has 78 valence electrons. The van der Waals surface area contributed by atoms with Gasteiger partial charge < -0.3 is 15.8 Å². The van der Waals surface area contributed by atoms with Crippen LogP contribution in [0.5, 0.6) is 5.88 Å². The highest BCUT2D eigenvalue weighted by molar-refractivity contribution is 5.36. The Bertz CT molecular complexity index is 277. The number of anilines is 1. The van der Waals surface area contributed by atoms with Gasteiger partial charge in [0.05, 0.1) is 6.10 Å². The van der Waals surface area contributed by atoms with Crippen molar-refractivity contribution in [1.82, 2.24) is 9.97 Å². The van der Waals surface area contributed by atoms with Crippen LogP contribution in [-0.4, -0.2) is 29.2 Å². The Morgan fingerprint density at radius 1 is 1.50 bits per heavy atom. The van der Waals surface area contributed by atoms with Crippen molar-refractivity contribution < 1.29 is 4.74 Å². The SMILES string of the molecule is CC(C)Oc1cc(NCCN)ncn1. The number of ether oxygens (including phenoxy) is 1. The second kappa shape index (κ2) is 5.39. The first-order valence-corrected chi connectivity index (χ1v) is 4.65. The van der Waals surface area contributed by atoms with Gasteiger partial charge in [-0.15, -0.1) is 0 Å². The number of aromatic nitrogens is 2. The van der Waals surface area contributed by atoms with Gasteiger partial charge in [-0.05, 0) is 13.8 Å². The average Bonchev–Trinajstić information content (AvgIpc) is 2.14. The fourth-order valence-electron chi connectivity index (χ4n) is 0.942. The van der Waals surface area contributed by atoms with E-state index in [0.29, 0.717) is 19.0 Å². The summed E-state index contributed by atoms with van der Waals surface area (Å²) in [6.45, 7) is 5.17. The molecular formula is C9H16N4O. The third-order valence-electron chi connectivity index (χ3n) is 1.45. The van der Waals surface area contributed by atoms with Gasteiger partial charge >= 0.3 is 0 Å². The van der Waals surface area contributed by atoms with Crippen molar-refractivity contribution in [3.05, 3.63) is 12.4 Å². The van der Waals surface area contributed by atoms with Crippen LogP contribution < -0.4 is 15.8 Å². The van der Waals surface area contributed by atoms with Gasteiger partial charge in [0, 0.05) is 19.2 Å². The predicted molar refractivity (Wildman–Crippen MR) is 55.3 cm³/mol. The smallest absolute Gasteiger partial charge is 0.218 e. The molecule has 1 aromatic rings. The summed E-state index contributed by atoms with van der Waals surface area (Å²) in [5.41, 5.74) is 5.36. The van der Waals surface area contributed by atoms with Gasteiger partial charge in [-0.3, -0.25) is 0 Å². The highest BCUT2D eigenvalue weighted by atomic mass is 16.5. The summed E-state index contributed by atoms with van der Waals surface area (Å²) in [6, 6.07) is 1.76. The molecule has 14 heavy (non-hydrogen) atoms. The Kier molecular flexibility index (Phi) is 4.12. The van der Waals surface area contributed by atoms with Crippen molar-refractivity contribution in [2.45, 2.75) is 20.0 Å². The van der Waals surface area contributed by atoms with Crippen LogP contribution in [0.4, 0.5) is 5.82 Å². The summed E-state index contributed by atoms with van der Waals surface area (Å²) in [6.07, 6.45) is 1.59. The van der Waals surface area contributed by atoms with E-state index >= 15 is 0 Å². The fourth-order valence-corrected chi connectivity index (χ4v) is 0.942. The molecule has 1 aromatic heterocycles. The van der Waals surface area contributed by atoms with Crippen molar-refractivity contribution in [3.63, 3.8) is 0 Å². The van der Waals surface area contributed by atoms with E-state index in [9.17, 15) is 0 Å². The van der Waals surface area contributed by atoms with Crippen LogP contribution in [0.2, 0.25) is 0 Å². The lowest BCUT2D eigenvalue weighted by Crippen LogP contribution is -2.14. The maximum Gasteiger partial charge on any atom is 0.218 e. The molecule has 5 nitrogen and oxygen atoms in total. The van der Waals surface area contributed by atoms with E-state index in [-0.39, 0.29) is 6.10 Å². The van der Waals surface area contributed by atoms with Gasteiger partial charge in [-0.25, -0.2) is 9.97 Å². The van der Waals surface area contributed by atoms with E-state index in [4.69, 9.17) is 10.5 Å². The minimum Gasteiger partial charge on any atom is -0.475 e. The van der Waals surface area contributed by atoms with Gasteiger partial charge in [-0.2, -0.15) is 0 Å². The number of hydrogen-bond donors (Lipinski definition) is 2. The van der Waals surface area contributed by atoms with E-state index in [1.54, 1.807) is 6.07 Å². The van der Waals surface area contributed by atoms with Crippen LogP contribution in [0.1, 0.15) is 13.8 Å². The van der Waals surface area contributed by atoms with Crippen LogP contribution in [0, 0.1) is 0 Å². The maximum atomic E-state index is 5.41. The second-order valence-electron chi connectivity index (χ2n) is 3.12. The van der Waals surface area contributed by atoms with Gasteiger partial charge in [0.1, 0.15) is 12.1 Å². The molecule has 0 saturated heterocycles. The lowest BCUT2D eigenvalue weighted by atomic mass is 10.4. The normalized spacial score (nSPS) is 10.3. The number of nitrogens with zero attached hydrogens (tertiary/aromatic N) is 2. The van der Waals surface area contributed by atoms with Crippen LogP contribution in [0.3, 0.4) is 0 Å². The zero-order chi connectivity index (χ0) is 10.4. The van der Waals surface area contributed by atoms with Crippen LogP contribution in [0.25, 0.3) is 0 Å². The average molecular weight is 196 g/mol. The minimum absolute atomic E-state index is 0.118. The number of nitrogens with two attached hydrogens (primary N) is 1. The number of rotatable bonds is 5. The lowest BCUT2D eigenvalue weighted by molar-refractivity contribution is 0.232. The maximum absolute atomic E-state index is 5.41. The molecule has 0 saturated carbocycles. The van der Waals surface area contributed by atoms with Crippen LogP contribution in [-0.2, 0) is 0 Å². The molecule has 1 heterocycles. The Labute approximate surface area is 83.7 Å². The monoisotopic (exact) mass is 196 g/mol. The third kappa shape index (κ3) is 3.57. The van der Waals surface area contributed by atoms with Crippen molar-refractivity contribution in [3.8, 4) is 5.88 Å². The molecule has 0 unspecified atom stereocenters. The molecule has 0 amide bonds. The molecule has 5 heteroatoms. The van der Waals surface area contributed by atoms with Crippen LogP contribution in [0.15, 0.2) is 12.4 Å². The molecule has 3 N–H and O–H groups in total. The van der Waals surface area contributed by atoms with E-state index in [1.807, 2.05) is 13.8 Å². The zero-order valence-electron chi connectivity index (χ0n) is 8.53. The van der Waals surface area contributed by atoms with Crippen molar-refractivity contribution in [2.75, 3.05) is 18.4 Å². The molecule has 0 bridgehead atoms. The van der Waals surface area contributed by atoms with Gasteiger partial charge in [0.2, 0.25) is 5.88 Å². The second-order valence-corrected chi connectivity index (χ2v) is 3.12. The molecule has 0 aliphatic heterocycles. The summed E-state index contributed by atoms with van der Waals surface area (Å²) in [4.78, 5) is 8.01. The van der Waals surface area contributed by atoms with E-state index in [2.05, 4.69) is 15.3 Å². The predicted octanol–water partition coefficient (Wildman–Crippen LogP) is 0.634. The third-order valence-corrected chi connectivity index (χ3v) is 1.45. The van der Waals surface area contributed by atoms with E-state index in [1.165, 1.54) is 6.33 Å². The number of nitrogens with one attached hydrogen (secondary N) is 1. The molecule has 0 aromatic carbocycles. The molecule has 0 atom stereocenters. The van der Waals surface area contributed by atoms with Crippen molar-refractivity contribution in [1.29, 1.82) is 0 Å². The summed E-state index contributed by atoms with van der Waals surface area (Å²) in [5.74, 6) is 1.32. The molecule has 1 rings (SSSR count). The summed E-state index contributed by atoms with van der Waals surface area (Å²) < 4.78 is 5.41. The van der Waals surface area contributed by atoms with Gasteiger partial charge in [0.15, 0.2) is 0 Å². The summed E-state index contributed by atoms with van der Waals surface area (Å²) in [5, 5.41) is 3.05. The zero-order valence-corrected chi connectivity index (χ0v) is 8.53. The minimum atomic E-state index is 0.118. The van der Waals surface area contributed by atoms with Crippen molar-refractivity contribution >= 4 is 5.82 Å². The highest BCUT2D eigenvalue weighted by Crippen LogP contribution is 2.11. The molecule has 0 fully saturated rings. The van der Waals surface area contributed by atoms with Gasteiger partial charge in [-0.1, -0.05) is 0 Å². The fraction of sp³-hybridized carbons (Fsp3) is 0.556. The Balaban J connectivity index is 2.59. The summed E-state index contributed by atoms with van der Waals surface area (Å²) in [7, 11) is 0. The first kappa shape index (κ1) is 10.7. The molecular weight excluding hydrogens is 180 g/mol. The largest absolute Gasteiger partial charge is 0.475 e. The lowest BCUT2D eigenvalue weighted by Gasteiger charge is -2.09. The van der Waals surface area contributed by atoms with Crippen LogP contribution >= 0.6 is 0 Å². The van der Waals surface area contributed by atoms with E-state index < -0.39 is 0 Å². The van der Waals surface area contributed by atoms with E-state index in [0.717, 1.165) is 5.82 Å².